The van der Waals surface area contributed by atoms with Gasteiger partial charge in [-0.3, -0.25) is 0 Å². The maximum Gasteiger partial charge on any atom is 0.192 e. The highest BCUT2D eigenvalue weighted by Crippen LogP contribution is 2.30. The zero-order chi connectivity index (χ0) is 20.8. The van der Waals surface area contributed by atoms with Gasteiger partial charge in [0.1, 0.15) is 11.6 Å². The van der Waals surface area contributed by atoms with Crippen LogP contribution in [0.5, 0.6) is 5.75 Å². The van der Waals surface area contributed by atoms with Crippen molar-refractivity contribution in [3.8, 4) is 5.75 Å². The molecule has 0 saturated heterocycles. The smallest absolute Gasteiger partial charge is 0.192 e. The molecule has 30 heavy (non-hydrogen) atoms. The lowest BCUT2D eigenvalue weighted by Crippen LogP contribution is -2.37. The van der Waals surface area contributed by atoms with E-state index in [0.717, 1.165) is 48.0 Å². The van der Waals surface area contributed by atoms with Crippen molar-refractivity contribution in [2.24, 2.45) is 18.0 Å². The van der Waals surface area contributed by atoms with Crippen LogP contribution in [0.15, 0.2) is 46.8 Å². The molecular formula is C22H28N6OS. The van der Waals surface area contributed by atoms with Gasteiger partial charge in [-0.25, -0.2) is 4.99 Å². The Morgan fingerprint density at radius 1 is 1.17 bits per heavy atom. The number of hydrogen-bond donors (Lipinski definition) is 2. The number of guanidine groups is 1. The van der Waals surface area contributed by atoms with Crippen molar-refractivity contribution in [2.45, 2.75) is 39.4 Å². The molecule has 0 radical (unpaired) electrons. The Kier molecular flexibility index (Phi) is 6.63. The minimum atomic E-state index is 0.540. The molecule has 0 spiro atoms. The summed E-state index contributed by atoms with van der Waals surface area (Å²) in [6.07, 6.45) is 2.56. The van der Waals surface area contributed by atoms with Crippen LogP contribution in [0.4, 0.5) is 0 Å². The van der Waals surface area contributed by atoms with E-state index in [0.29, 0.717) is 13.1 Å². The second-order valence-corrected chi connectivity index (χ2v) is 8.57. The molecule has 8 heteroatoms. The van der Waals surface area contributed by atoms with Crippen LogP contribution in [-0.4, -0.2) is 27.3 Å². The average molecular weight is 425 g/mol. The molecule has 4 rings (SSSR count). The number of aromatic nitrogens is 3. The summed E-state index contributed by atoms with van der Waals surface area (Å²) in [5, 5.41) is 17.2. The molecule has 0 bridgehead atoms. The summed E-state index contributed by atoms with van der Waals surface area (Å²) < 4.78 is 8.01. The van der Waals surface area contributed by atoms with Gasteiger partial charge in [0.2, 0.25) is 0 Å². The first-order valence-electron chi connectivity index (χ1n) is 10.3. The summed E-state index contributed by atoms with van der Waals surface area (Å²) in [6.45, 7) is 4.56. The summed E-state index contributed by atoms with van der Waals surface area (Å²) in [5.74, 6) is 4.14. The molecule has 1 aromatic carbocycles. The third-order valence-corrected chi connectivity index (χ3v) is 6.03. The van der Waals surface area contributed by atoms with E-state index in [1.807, 2.05) is 36.7 Å². The Morgan fingerprint density at radius 2 is 2.00 bits per heavy atom. The Bertz CT molecular complexity index is 977. The van der Waals surface area contributed by atoms with Crippen molar-refractivity contribution in [3.05, 3.63) is 63.9 Å². The van der Waals surface area contributed by atoms with E-state index in [2.05, 4.69) is 44.4 Å². The van der Waals surface area contributed by atoms with Gasteiger partial charge in [-0.05, 0) is 43.2 Å². The van der Waals surface area contributed by atoms with E-state index < -0.39 is 0 Å². The number of nitrogens with one attached hydrogen (secondary N) is 2. The average Bonchev–Trinajstić information content (AvgIpc) is 3.35. The van der Waals surface area contributed by atoms with Crippen LogP contribution in [0.1, 0.15) is 34.9 Å². The molecule has 2 heterocycles. The molecular weight excluding hydrogens is 396 g/mol. The molecule has 0 aliphatic heterocycles. The zero-order valence-electron chi connectivity index (χ0n) is 17.5. The topological polar surface area (TPSA) is 76.4 Å². The number of aryl methyl sites for hydroxylation is 1. The number of aliphatic imine (C=N–C) groups is 1. The predicted molar refractivity (Wildman–Crippen MR) is 120 cm³/mol. The van der Waals surface area contributed by atoms with Gasteiger partial charge in [0.15, 0.2) is 11.8 Å². The van der Waals surface area contributed by atoms with Gasteiger partial charge >= 0.3 is 0 Å². The molecule has 0 atom stereocenters. The van der Waals surface area contributed by atoms with Gasteiger partial charge in [-0.2, -0.15) is 0 Å². The van der Waals surface area contributed by atoms with E-state index >= 15 is 0 Å². The molecule has 1 saturated carbocycles. The van der Waals surface area contributed by atoms with Crippen LogP contribution < -0.4 is 15.4 Å². The third-order valence-electron chi connectivity index (χ3n) is 5.16. The maximum atomic E-state index is 6.03. The van der Waals surface area contributed by atoms with E-state index in [1.54, 1.807) is 11.3 Å². The van der Waals surface area contributed by atoms with Crippen molar-refractivity contribution >= 4 is 17.3 Å². The number of nitrogens with zero attached hydrogens (tertiary/aromatic N) is 4. The standard InChI is InChI=1S/C22H28N6OS/c1-16-26-27-21(28(16)2)14-25-22(24-13-19-7-5-11-30-19)23-12-18-6-3-4-8-20(18)29-15-17-9-10-17/h3-8,11,17H,9-10,12-15H2,1-2H3,(H2,23,24,25). The highest BCUT2D eigenvalue weighted by Gasteiger charge is 2.22. The van der Waals surface area contributed by atoms with Crippen molar-refractivity contribution in [1.82, 2.24) is 25.4 Å². The lowest BCUT2D eigenvalue weighted by atomic mass is 10.2. The second-order valence-electron chi connectivity index (χ2n) is 7.54. The number of benzene rings is 1. The highest BCUT2D eigenvalue weighted by atomic mass is 32.1. The minimum absolute atomic E-state index is 0.540. The Morgan fingerprint density at radius 3 is 2.73 bits per heavy atom. The van der Waals surface area contributed by atoms with Gasteiger partial charge < -0.3 is 19.9 Å². The van der Waals surface area contributed by atoms with Crippen LogP contribution in [-0.2, 0) is 26.7 Å². The Hall–Kier alpha value is -2.87. The van der Waals surface area contributed by atoms with E-state index in [4.69, 9.17) is 9.73 Å². The molecule has 3 aromatic rings. The molecule has 0 unspecified atom stereocenters. The summed E-state index contributed by atoms with van der Waals surface area (Å²) in [6, 6.07) is 12.3. The van der Waals surface area contributed by atoms with Crippen LogP contribution in [0.2, 0.25) is 0 Å². The Balaban J connectivity index is 1.43. The first-order chi connectivity index (χ1) is 14.7. The van der Waals surface area contributed by atoms with Crippen LogP contribution >= 0.6 is 11.3 Å². The number of para-hydroxylation sites is 1. The SMILES string of the molecule is Cc1nnc(CNC(=NCc2ccccc2OCC2CC2)NCc2cccs2)n1C. The highest BCUT2D eigenvalue weighted by molar-refractivity contribution is 7.09. The summed E-state index contributed by atoms with van der Waals surface area (Å²) >= 11 is 1.73. The van der Waals surface area contributed by atoms with Crippen LogP contribution in [0.25, 0.3) is 0 Å². The van der Waals surface area contributed by atoms with E-state index in [9.17, 15) is 0 Å². The first-order valence-corrected chi connectivity index (χ1v) is 11.2. The molecule has 1 fully saturated rings. The number of thiophene rings is 1. The summed E-state index contributed by atoms with van der Waals surface area (Å²) in [4.78, 5) is 6.07. The van der Waals surface area contributed by atoms with Crippen LogP contribution in [0.3, 0.4) is 0 Å². The quantitative estimate of drug-likeness (QED) is 0.407. The minimum Gasteiger partial charge on any atom is -0.493 e. The normalized spacial score (nSPS) is 14.0. The molecule has 2 N–H and O–H groups in total. The summed E-state index contributed by atoms with van der Waals surface area (Å²) in [7, 11) is 1.97. The lowest BCUT2D eigenvalue weighted by molar-refractivity contribution is 0.297. The summed E-state index contributed by atoms with van der Waals surface area (Å²) in [5.41, 5.74) is 1.09. The number of hydrogen-bond acceptors (Lipinski definition) is 5. The molecule has 158 valence electrons. The maximum absolute atomic E-state index is 6.03. The molecule has 1 aliphatic rings. The van der Waals surface area contributed by atoms with Gasteiger partial charge in [0, 0.05) is 17.5 Å². The van der Waals surface area contributed by atoms with Crippen molar-refractivity contribution in [3.63, 3.8) is 0 Å². The fraction of sp³-hybridized carbons (Fsp3) is 0.409. The van der Waals surface area contributed by atoms with E-state index in [1.165, 1.54) is 17.7 Å². The van der Waals surface area contributed by atoms with Gasteiger partial charge in [-0.15, -0.1) is 21.5 Å². The second kappa shape index (κ2) is 9.75. The number of rotatable bonds is 9. The molecule has 2 aromatic heterocycles. The van der Waals surface area contributed by atoms with Gasteiger partial charge in [0.25, 0.3) is 0 Å². The Labute approximate surface area is 181 Å². The van der Waals surface area contributed by atoms with Crippen molar-refractivity contribution in [2.75, 3.05) is 6.61 Å². The third kappa shape index (κ3) is 5.60. The van der Waals surface area contributed by atoms with Gasteiger partial charge in [-0.1, -0.05) is 24.3 Å². The fourth-order valence-electron chi connectivity index (χ4n) is 2.96. The van der Waals surface area contributed by atoms with Crippen LogP contribution in [0, 0.1) is 12.8 Å². The molecule has 7 nitrogen and oxygen atoms in total. The monoisotopic (exact) mass is 424 g/mol. The van der Waals surface area contributed by atoms with Crippen molar-refractivity contribution < 1.29 is 4.74 Å². The molecule has 0 amide bonds. The van der Waals surface area contributed by atoms with Crippen molar-refractivity contribution in [1.29, 1.82) is 0 Å². The largest absolute Gasteiger partial charge is 0.493 e. The first kappa shape index (κ1) is 20.4. The van der Waals surface area contributed by atoms with Gasteiger partial charge in [0.05, 0.1) is 26.2 Å². The molecule has 1 aliphatic carbocycles. The number of ether oxygens (including phenoxy) is 1. The lowest BCUT2D eigenvalue weighted by Gasteiger charge is -2.13. The predicted octanol–water partition coefficient (Wildman–Crippen LogP) is 3.41. The van der Waals surface area contributed by atoms with E-state index in [-0.39, 0.29) is 0 Å². The fourth-order valence-corrected chi connectivity index (χ4v) is 3.60. The zero-order valence-corrected chi connectivity index (χ0v) is 18.3.